The van der Waals surface area contributed by atoms with Gasteiger partial charge in [0.15, 0.2) is 0 Å². The van der Waals surface area contributed by atoms with E-state index in [9.17, 15) is 9.18 Å². The van der Waals surface area contributed by atoms with Gasteiger partial charge in [0.05, 0.1) is 18.3 Å². The number of hydrogen-bond donors (Lipinski definition) is 1. The number of hydrogen-bond acceptors (Lipinski definition) is 5. The highest BCUT2D eigenvalue weighted by molar-refractivity contribution is 5.78. The number of piperidine rings is 1. The van der Waals surface area contributed by atoms with Crippen molar-refractivity contribution in [2.45, 2.75) is 39.2 Å². The highest BCUT2D eigenvalue weighted by Crippen LogP contribution is 2.35. The van der Waals surface area contributed by atoms with Crippen LogP contribution in [0.25, 0.3) is 11.1 Å². The van der Waals surface area contributed by atoms with E-state index in [4.69, 9.17) is 5.73 Å². The number of benzene rings is 1. The molecule has 0 spiro atoms. The molecule has 6 nitrogen and oxygen atoms in total. The largest absolute Gasteiger partial charge is 0.368 e. The van der Waals surface area contributed by atoms with Gasteiger partial charge in [-0.15, -0.1) is 0 Å². The van der Waals surface area contributed by atoms with E-state index in [2.05, 4.69) is 14.9 Å². The van der Waals surface area contributed by atoms with E-state index < -0.39 is 0 Å². The number of carbonyl (C=O) groups is 1. The average Bonchev–Trinajstić information content (AvgIpc) is 2.70. The maximum absolute atomic E-state index is 13.4. The lowest BCUT2D eigenvalue weighted by Crippen LogP contribution is -2.43. The van der Waals surface area contributed by atoms with Gasteiger partial charge in [0.2, 0.25) is 11.9 Å². The Kier molecular flexibility index (Phi) is 6.57. The molecule has 1 aliphatic rings. The monoisotopic (exact) mass is 385 g/mol. The molecule has 2 heterocycles. The van der Waals surface area contributed by atoms with Crippen LogP contribution in [0, 0.1) is 5.82 Å². The summed E-state index contributed by atoms with van der Waals surface area (Å²) in [6.45, 7) is 6.59. The molecule has 150 valence electrons. The Morgan fingerprint density at radius 3 is 2.64 bits per heavy atom. The van der Waals surface area contributed by atoms with Gasteiger partial charge in [-0.1, -0.05) is 18.6 Å². The smallest absolute Gasteiger partial charge is 0.236 e. The van der Waals surface area contributed by atoms with Crippen molar-refractivity contribution >= 4 is 11.9 Å². The van der Waals surface area contributed by atoms with E-state index in [1.807, 2.05) is 18.7 Å². The predicted octanol–water partition coefficient (Wildman–Crippen LogP) is 3.26. The number of likely N-dealkylation sites (tertiary alicyclic amines) is 1. The van der Waals surface area contributed by atoms with Crippen molar-refractivity contribution in [2.75, 3.05) is 31.9 Å². The van der Waals surface area contributed by atoms with Crippen LogP contribution in [0.5, 0.6) is 0 Å². The third-order valence-corrected chi connectivity index (χ3v) is 5.38. The number of likely N-dealkylation sites (N-methyl/N-ethyl adjacent to an activating group) is 1. The van der Waals surface area contributed by atoms with Crippen molar-refractivity contribution in [1.82, 2.24) is 19.8 Å². The van der Waals surface area contributed by atoms with Crippen molar-refractivity contribution in [1.29, 1.82) is 0 Å². The van der Waals surface area contributed by atoms with Crippen molar-refractivity contribution in [3.8, 4) is 11.1 Å². The molecule has 1 aromatic heterocycles. The van der Waals surface area contributed by atoms with Gasteiger partial charge in [-0.3, -0.25) is 9.69 Å². The minimum atomic E-state index is -0.286. The highest BCUT2D eigenvalue weighted by atomic mass is 19.1. The topological polar surface area (TPSA) is 75.4 Å². The Bertz CT molecular complexity index is 807. The molecule has 1 fully saturated rings. The molecule has 0 aliphatic carbocycles. The van der Waals surface area contributed by atoms with Gasteiger partial charge in [-0.05, 0) is 50.9 Å². The Balaban J connectivity index is 1.94. The second-order valence-corrected chi connectivity index (χ2v) is 7.08. The van der Waals surface area contributed by atoms with Gasteiger partial charge < -0.3 is 10.6 Å². The normalized spacial score (nSPS) is 17.5. The average molecular weight is 385 g/mol. The molecule has 1 amide bonds. The number of halogens is 1. The summed E-state index contributed by atoms with van der Waals surface area (Å²) in [5, 5.41) is 0. The zero-order valence-corrected chi connectivity index (χ0v) is 16.6. The summed E-state index contributed by atoms with van der Waals surface area (Å²) < 4.78 is 13.4. The van der Waals surface area contributed by atoms with Crippen LogP contribution in [0.4, 0.5) is 10.3 Å². The number of nitrogens with two attached hydrogens (primary N) is 1. The number of amides is 1. The second-order valence-electron chi connectivity index (χ2n) is 7.08. The third-order valence-electron chi connectivity index (χ3n) is 5.38. The standard InChI is InChI=1S/C21H28FN5O/c1-3-26(4-2)19(28)14-27-12-6-5-7-18(27)20-17(13-24-21(23)25-20)15-8-10-16(22)11-9-15/h8-11,13,18H,3-7,12,14H2,1-2H3,(H2,23,24,25). The zero-order chi connectivity index (χ0) is 20.1. The fourth-order valence-corrected chi connectivity index (χ4v) is 3.86. The summed E-state index contributed by atoms with van der Waals surface area (Å²) in [5.74, 6) is 0.0505. The van der Waals surface area contributed by atoms with Gasteiger partial charge in [-0.2, -0.15) is 0 Å². The molecule has 1 aliphatic heterocycles. The Hall–Kier alpha value is -2.54. The van der Waals surface area contributed by atoms with Gasteiger partial charge in [-0.25, -0.2) is 14.4 Å². The maximum Gasteiger partial charge on any atom is 0.236 e. The number of rotatable bonds is 6. The molecule has 0 saturated carbocycles. The molecule has 2 N–H and O–H groups in total. The van der Waals surface area contributed by atoms with Gasteiger partial charge >= 0.3 is 0 Å². The summed E-state index contributed by atoms with van der Waals surface area (Å²) in [6.07, 6.45) is 4.71. The molecule has 7 heteroatoms. The van der Waals surface area contributed by atoms with Gasteiger partial charge in [0.25, 0.3) is 0 Å². The molecular formula is C21H28FN5O. The van der Waals surface area contributed by atoms with Crippen LogP contribution >= 0.6 is 0 Å². The molecule has 2 aromatic rings. The number of anilines is 1. The first-order valence-corrected chi connectivity index (χ1v) is 9.93. The third kappa shape index (κ3) is 4.47. The number of nitrogens with zero attached hydrogens (tertiary/aromatic N) is 4. The van der Waals surface area contributed by atoms with E-state index in [-0.39, 0.29) is 23.7 Å². The van der Waals surface area contributed by atoms with Crippen LogP contribution in [0.15, 0.2) is 30.5 Å². The fourth-order valence-electron chi connectivity index (χ4n) is 3.86. The lowest BCUT2D eigenvalue weighted by Gasteiger charge is -2.36. The molecular weight excluding hydrogens is 357 g/mol. The van der Waals surface area contributed by atoms with E-state index >= 15 is 0 Å². The van der Waals surface area contributed by atoms with Crippen LogP contribution in [-0.4, -0.2) is 51.9 Å². The number of nitrogen functional groups attached to an aromatic ring is 1. The minimum absolute atomic E-state index is 0.0152. The van der Waals surface area contributed by atoms with E-state index in [1.165, 1.54) is 12.1 Å². The summed E-state index contributed by atoms with van der Waals surface area (Å²) in [6, 6.07) is 6.29. The van der Waals surface area contributed by atoms with Crippen LogP contribution < -0.4 is 5.73 Å². The lowest BCUT2D eigenvalue weighted by molar-refractivity contribution is -0.133. The van der Waals surface area contributed by atoms with Gasteiger partial charge in [0.1, 0.15) is 5.82 Å². The van der Waals surface area contributed by atoms with E-state index in [1.54, 1.807) is 18.3 Å². The first-order chi connectivity index (χ1) is 13.5. The molecule has 3 rings (SSSR count). The SMILES string of the molecule is CCN(CC)C(=O)CN1CCCCC1c1nc(N)ncc1-c1ccc(F)cc1. The lowest BCUT2D eigenvalue weighted by atomic mass is 9.93. The van der Waals surface area contributed by atoms with Crippen molar-refractivity contribution in [3.05, 3.63) is 42.0 Å². The Morgan fingerprint density at radius 1 is 1.25 bits per heavy atom. The van der Waals surface area contributed by atoms with Crippen molar-refractivity contribution in [3.63, 3.8) is 0 Å². The van der Waals surface area contributed by atoms with Crippen LogP contribution in [0.2, 0.25) is 0 Å². The molecule has 28 heavy (non-hydrogen) atoms. The first kappa shape index (κ1) is 20.2. The van der Waals surface area contributed by atoms with Crippen LogP contribution in [0.1, 0.15) is 44.8 Å². The molecule has 1 aromatic carbocycles. The molecule has 1 atom stereocenters. The Morgan fingerprint density at radius 2 is 1.96 bits per heavy atom. The predicted molar refractivity (Wildman–Crippen MR) is 108 cm³/mol. The summed E-state index contributed by atoms with van der Waals surface area (Å²) in [7, 11) is 0. The van der Waals surface area contributed by atoms with E-state index in [0.29, 0.717) is 19.6 Å². The molecule has 1 saturated heterocycles. The van der Waals surface area contributed by atoms with Crippen molar-refractivity contribution < 1.29 is 9.18 Å². The molecule has 0 radical (unpaired) electrons. The first-order valence-electron chi connectivity index (χ1n) is 9.93. The number of aromatic nitrogens is 2. The van der Waals surface area contributed by atoms with E-state index in [0.717, 1.165) is 42.6 Å². The zero-order valence-electron chi connectivity index (χ0n) is 16.6. The highest BCUT2D eigenvalue weighted by Gasteiger charge is 2.30. The quantitative estimate of drug-likeness (QED) is 0.826. The minimum Gasteiger partial charge on any atom is -0.368 e. The summed E-state index contributed by atoms with van der Waals surface area (Å²) in [4.78, 5) is 25.4. The number of carbonyl (C=O) groups excluding carboxylic acids is 1. The van der Waals surface area contributed by atoms with Crippen LogP contribution in [-0.2, 0) is 4.79 Å². The Labute approximate surface area is 165 Å². The maximum atomic E-state index is 13.4. The fraction of sp³-hybridized carbons (Fsp3) is 0.476. The summed E-state index contributed by atoms with van der Waals surface area (Å²) in [5.41, 5.74) is 8.39. The van der Waals surface area contributed by atoms with Crippen LogP contribution in [0.3, 0.4) is 0 Å². The molecule has 1 unspecified atom stereocenters. The summed E-state index contributed by atoms with van der Waals surface area (Å²) >= 11 is 0. The second kappa shape index (κ2) is 9.10. The van der Waals surface area contributed by atoms with Gasteiger partial charge in [0, 0.05) is 24.8 Å². The van der Waals surface area contributed by atoms with Crippen molar-refractivity contribution in [2.24, 2.45) is 0 Å². The molecule has 0 bridgehead atoms.